The molecule has 4 aromatic rings. The Hall–Kier alpha value is -3.00. The zero-order valence-electron chi connectivity index (χ0n) is 16.3. The van der Waals surface area contributed by atoms with Crippen LogP contribution < -0.4 is 4.74 Å². The van der Waals surface area contributed by atoms with E-state index in [4.69, 9.17) is 9.47 Å². The van der Waals surface area contributed by atoms with Crippen molar-refractivity contribution >= 4 is 16.7 Å². The van der Waals surface area contributed by atoms with Crippen molar-refractivity contribution in [1.82, 2.24) is 29.1 Å². The van der Waals surface area contributed by atoms with Crippen LogP contribution in [0.5, 0.6) is 5.88 Å². The SMILES string of the molecule is Cc1nc2ncc(-c3ccn4ncnc(OC5CCOCC5)c34)cc2n1C1CC1. The lowest BCUT2D eigenvalue weighted by atomic mass is 10.1. The van der Waals surface area contributed by atoms with Crippen molar-refractivity contribution < 1.29 is 9.47 Å². The molecular formula is C21H22N6O2. The number of rotatable bonds is 4. The second-order valence-corrected chi connectivity index (χ2v) is 7.84. The zero-order valence-corrected chi connectivity index (χ0v) is 16.3. The number of hydrogen-bond acceptors (Lipinski definition) is 6. The molecule has 1 aliphatic carbocycles. The lowest BCUT2D eigenvalue weighted by molar-refractivity contribution is 0.0242. The van der Waals surface area contributed by atoms with Crippen LogP contribution in [0.1, 0.15) is 37.5 Å². The molecule has 8 nitrogen and oxygen atoms in total. The van der Waals surface area contributed by atoms with Crippen molar-refractivity contribution in [2.24, 2.45) is 0 Å². The van der Waals surface area contributed by atoms with Crippen molar-refractivity contribution in [3.8, 4) is 17.0 Å². The lowest BCUT2D eigenvalue weighted by Crippen LogP contribution is -2.26. The van der Waals surface area contributed by atoms with Gasteiger partial charge in [0.25, 0.3) is 0 Å². The summed E-state index contributed by atoms with van der Waals surface area (Å²) in [4.78, 5) is 13.7. The van der Waals surface area contributed by atoms with Gasteiger partial charge in [-0.3, -0.25) is 0 Å². The van der Waals surface area contributed by atoms with Crippen molar-refractivity contribution in [3.05, 3.63) is 36.7 Å². The Kier molecular flexibility index (Phi) is 3.80. The number of imidazole rings is 1. The highest BCUT2D eigenvalue weighted by Crippen LogP contribution is 2.39. The smallest absolute Gasteiger partial charge is 0.242 e. The highest BCUT2D eigenvalue weighted by molar-refractivity contribution is 5.88. The third-order valence-corrected chi connectivity index (χ3v) is 5.81. The molecule has 6 rings (SSSR count). The summed E-state index contributed by atoms with van der Waals surface area (Å²) in [7, 11) is 0. The molecule has 0 bridgehead atoms. The van der Waals surface area contributed by atoms with Gasteiger partial charge in [0.2, 0.25) is 5.88 Å². The number of pyridine rings is 1. The maximum atomic E-state index is 6.26. The minimum atomic E-state index is 0.116. The molecule has 0 amide bonds. The molecule has 0 unspecified atom stereocenters. The van der Waals surface area contributed by atoms with Gasteiger partial charge in [-0.25, -0.2) is 14.5 Å². The Labute approximate surface area is 167 Å². The van der Waals surface area contributed by atoms with E-state index in [1.807, 2.05) is 23.0 Å². The molecule has 4 aromatic heterocycles. The van der Waals surface area contributed by atoms with Crippen LogP contribution in [0.25, 0.3) is 27.8 Å². The second-order valence-electron chi connectivity index (χ2n) is 7.84. The number of hydrogen-bond donors (Lipinski definition) is 0. The summed E-state index contributed by atoms with van der Waals surface area (Å²) in [6.07, 6.45) is 9.65. The van der Waals surface area contributed by atoms with E-state index in [0.717, 1.165) is 59.7 Å². The minimum Gasteiger partial charge on any atom is -0.473 e. The number of fused-ring (bicyclic) bond motifs is 2. The van der Waals surface area contributed by atoms with Crippen molar-refractivity contribution in [3.63, 3.8) is 0 Å². The molecule has 29 heavy (non-hydrogen) atoms. The van der Waals surface area contributed by atoms with E-state index < -0.39 is 0 Å². The first-order chi connectivity index (χ1) is 14.3. The van der Waals surface area contributed by atoms with E-state index in [2.05, 4.69) is 37.6 Å². The number of aryl methyl sites for hydroxylation is 1. The molecule has 2 aliphatic rings. The molecule has 1 saturated carbocycles. The van der Waals surface area contributed by atoms with Gasteiger partial charge < -0.3 is 14.0 Å². The summed E-state index contributed by atoms with van der Waals surface area (Å²) in [5.74, 6) is 1.64. The Morgan fingerprint density at radius 1 is 1.14 bits per heavy atom. The van der Waals surface area contributed by atoms with E-state index in [1.54, 1.807) is 6.33 Å². The predicted molar refractivity (Wildman–Crippen MR) is 107 cm³/mol. The summed E-state index contributed by atoms with van der Waals surface area (Å²) in [5, 5.41) is 4.37. The van der Waals surface area contributed by atoms with Crippen LogP contribution in [0.4, 0.5) is 0 Å². The van der Waals surface area contributed by atoms with Gasteiger partial charge in [-0.1, -0.05) is 0 Å². The van der Waals surface area contributed by atoms with Gasteiger partial charge in [-0.15, -0.1) is 0 Å². The van der Waals surface area contributed by atoms with Crippen LogP contribution in [0, 0.1) is 6.92 Å². The molecule has 0 spiro atoms. The maximum absolute atomic E-state index is 6.26. The zero-order chi connectivity index (χ0) is 19.4. The van der Waals surface area contributed by atoms with E-state index in [0.29, 0.717) is 11.9 Å². The first kappa shape index (κ1) is 16.9. The van der Waals surface area contributed by atoms with Gasteiger partial charge in [0.05, 0.1) is 18.7 Å². The molecule has 0 aromatic carbocycles. The molecule has 1 saturated heterocycles. The van der Waals surface area contributed by atoms with E-state index in [9.17, 15) is 0 Å². The first-order valence-electron chi connectivity index (χ1n) is 10.2. The molecule has 5 heterocycles. The molecule has 148 valence electrons. The van der Waals surface area contributed by atoms with Gasteiger partial charge in [0, 0.05) is 42.4 Å². The molecule has 0 radical (unpaired) electrons. The normalized spacial score (nSPS) is 18.0. The Bertz CT molecular complexity index is 1200. The predicted octanol–water partition coefficient (Wildman–Crippen LogP) is 3.34. The van der Waals surface area contributed by atoms with Crippen molar-refractivity contribution in [2.45, 2.75) is 44.8 Å². The molecule has 2 fully saturated rings. The van der Waals surface area contributed by atoms with Crippen LogP contribution >= 0.6 is 0 Å². The molecule has 1 aliphatic heterocycles. The van der Waals surface area contributed by atoms with Gasteiger partial charge in [0.1, 0.15) is 23.8 Å². The maximum Gasteiger partial charge on any atom is 0.242 e. The number of nitrogens with zero attached hydrogens (tertiary/aromatic N) is 6. The van der Waals surface area contributed by atoms with Crippen LogP contribution in [-0.4, -0.2) is 48.5 Å². The highest BCUT2D eigenvalue weighted by Gasteiger charge is 2.28. The standard InChI is InChI=1S/C21H22N6O2/c1-13-25-20-18(27(13)15-2-3-15)10-14(11-22-20)17-4-7-26-19(17)21(23-12-24-26)29-16-5-8-28-9-6-16/h4,7,10-12,15-16H,2-3,5-6,8-9H2,1H3. The van der Waals surface area contributed by atoms with Crippen LogP contribution in [-0.2, 0) is 4.74 Å². The topological polar surface area (TPSA) is 79.4 Å². The fourth-order valence-electron chi connectivity index (χ4n) is 4.23. The third-order valence-electron chi connectivity index (χ3n) is 5.81. The van der Waals surface area contributed by atoms with Gasteiger partial charge >= 0.3 is 0 Å². The van der Waals surface area contributed by atoms with Crippen LogP contribution in [0.3, 0.4) is 0 Å². The Morgan fingerprint density at radius 2 is 2.00 bits per heavy atom. The monoisotopic (exact) mass is 390 g/mol. The van der Waals surface area contributed by atoms with Crippen LogP contribution in [0.2, 0.25) is 0 Å². The molecule has 0 atom stereocenters. The van der Waals surface area contributed by atoms with Gasteiger partial charge in [-0.05, 0) is 31.9 Å². The fraction of sp³-hybridized carbons (Fsp3) is 0.429. The average molecular weight is 390 g/mol. The Morgan fingerprint density at radius 3 is 2.83 bits per heavy atom. The highest BCUT2D eigenvalue weighted by atomic mass is 16.5. The largest absolute Gasteiger partial charge is 0.473 e. The summed E-state index contributed by atoms with van der Waals surface area (Å²) in [6.45, 7) is 3.51. The summed E-state index contributed by atoms with van der Waals surface area (Å²) < 4.78 is 15.9. The molecular weight excluding hydrogens is 368 g/mol. The van der Waals surface area contributed by atoms with E-state index in [1.165, 1.54) is 12.8 Å². The number of ether oxygens (including phenoxy) is 2. The second kappa shape index (κ2) is 6.52. The van der Waals surface area contributed by atoms with Crippen LogP contribution in [0.15, 0.2) is 30.9 Å². The molecule has 8 heteroatoms. The lowest BCUT2D eigenvalue weighted by Gasteiger charge is -2.23. The summed E-state index contributed by atoms with van der Waals surface area (Å²) in [6, 6.07) is 4.79. The quantitative estimate of drug-likeness (QED) is 0.532. The first-order valence-corrected chi connectivity index (χ1v) is 10.2. The summed E-state index contributed by atoms with van der Waals surface area (Å²) >= 11 is 0. The Balaban J connectivity index is 1.46. The van der Waals surface area contributed by atoms with Gasteiger partial charge in [0.15, 0.2) is 5.65 Å². The average Bonchev–Trinajstić information content (AvgIpc) is 3.38. The number of aromatic nitrogens is 6. The van der Waals surface area contributed by atoms with Crippen molar-refractivity contribution in [2.75, 3.05) is 13.2 Å². The minimum absolute atomic E-state index is 0.116. The molecule has 0 N–H and O–H groups in total. The van der Waals surface area contributed by atoms with Crippen molar-refractivity contribution in [1.29, 1.82) is 0 Å². The van der Waals surface area contributed by atoms with E-state index in [-0.39, 0.29) is 6.10 Å². The summed E-state index contributed by atoms with van der Waals surface area (Å²) in [5.41, 5.74) is 4.80. The third kappa shape index (κ3) is 2.86. The van der Waals surface area contributed by atoms with E-state index >= 15 is 0 Å². The van der Waals surface area contributed by atoms with Gasteiger partial charge in [-0.2, -0.15) is 10.1 Å². The fourth-order valence-corrected chi connectivity index (χ4v) is 4.23.